The van der Waals surface area contributed by atoms with Gasteiger partial charge in [0.25, 0.3) is 0 Å². The number of ether oxygens (including phenoxy) is 1. The topological polar surface area (TPSA) is 59.1 Å². The predicted molar refractivity (Wildman–Crippen MR) is 74.2 cm³/mol. The normalized spacial score (nSPS) is 10.7. The number of rotatable bonds is 8. The molecule has 0 atom stereocenters. The highest BCUT2D eigenvalue weighted by Crippen LogP contribution is 2.13. The minimum Gasteiger partial charge on any atom is -0.475 e. The largest absolute Gasteiger partial charge is 0.475 e. The van der Waals surface area contributed by atoms with E-state index in [0.29, 0.717) is 11.8 Å². The van der Waals surface area contributed by atoms with E-state index < -0.39 is 0 Å². The van der Waals surface area contributed by atoms with Gasteiger partial charge in [-0.3, -0.25) is 0 Å². The van der Waals surface area contributed by atoms with Crippen LogP contribution in [0.1, 0.15) is 32.9 Å². The van der Waals surface area contributed by atoms with E-state index in [2.05, 4.69) is 27.5 Å². The molecule has 0 radical (unpaired) electrons. The smallest absolute Gasteiger partial charge is 0.226 e. The summed E-state index contributed by atoms with van der Waals surface area (Å²) in [6.07, 6.45) is 1.17. The van der Waals surface area contributed by atoms with Crippen LogP contribution < -0.4 is 15.4 Å². The summed E-state index contributed by atoms with van der Waals surface area (Å²) in [5.74, 6) is 1.27. The van der Waals surface area contributed by atoms with Crippen molar-refractivity contribution in [3.63, 3.8) is 0 Å². The van der Waals surface area contributed by atoms with Crippen molar-refractivity contribution in [2.24, 2.45) is 0 Å². The molecule has 2 N–H and O–H groups in total. The summed E-state index contributed by atoms with van der Waals surface area (Å²) < 4.78 is 5.58. The highest BCUT2D eigenvalue weighted by atomic mass is 16.5. The molecule has 1 rings (SSSR count). The lowest BCUT2D eigenvalue weighted by Gasteiger charge is -2.11. The van der Waals surface area contributed by atoms with Gasteiger partial charge < -0.3 is 15.4 Å². The molecule has 0 saturated carbocycles. The van der Waals surface area contributed by atoms with E-state index in [0.717, 1.165) is 31.7 Å². The van der Waals surface area contributed by atoms with Gasteiger partial charge >= 0.3 is 0 Å². The molecule has 1 aromatic heterocycles. The van der Waals surface area contributed by atoms with E-state index in [4.69, 9.17) is 4.74 Å². The molecule has 18 heavy (non-hydrogen) atoms. The van der Waals surface area contributed by atoms with Gasteiger partial charge in [-0.15, -0.1) is 0 Å². The Balaban J connectivity index is 2.46. The Morgan fingerprint density at radius 2 is 2.06 bits per heavy atom. The fourth-order valence-corrected chi connectivity index (χ4v) is 1.51. The minimum absolute atomic E-state index is 0.126. The van der Waals surface area contributed by atoms with Crippen LogP contribution in [0.15, 0.2) is 6.07 Å². The zero-order valence-corrected chi connectivity index (χ0v) is 11.8. The van der Waals surface area contributed by atoms with Gasteiger partial charge in [-0.2, -0.15) is 4.98 Å². The van der Waals surface area contributed by atoms with Crippen molar-refractivity contribution in [1.82, 2.24) is 15.3 Å². The van der Waals surface area contributed by atoms with Crippen molar-refractivity contribution in [3.05, 3.63) is 11.8 Å². The average molecular weight is 252 g/mol. The van der Waals surface area contributed by atoms with Crippen molar-refractivity contribution < 1.29 is 4.74 Å². The van der Waals surface area contributed by atoms with Crippen LogP contribution in [0, 0.1) is 6.92 Å². The monoisotopic (exact) mass is 252 g/mol. The molecular weight excluding hydrogens is 228 g/mol. The van der Waals surface area contributed by atoms with E-state index >= 15 is 0 Å². The molecule has 0 bridgehead atoms. The van der Waals surface area contributed by atoms with Crippen LogP contribution in [0.4, 0.5) is 5.95 Å². The Labute approximate surface area is 109 Å². The van der Waals surface area contributed by atoms with E-state index in [1.807, 2.05) is 26.8 Å². The average Bonchev–Trinajstić information content (AvgIpc) is 2.27. The standard InChI is InChI=1S/C13H24N4O/c1-5-14-7-6-8-15-13-16-11(4)9-12(17-13)18-10(2)3/h9-10,14H,5-8H2,1-4H3,(H,15,16,17). The Morgan fingerprint density at radius 3 is 2.72 bits per heavy atom. The molecule has 0 fully saturated rings. The van der Waals surface area contributed by atoms with Crippen molar-refractivity contribution in [3.8, 4) is 5.88 Å². The molecule has 0 unspecified atom stereocenters. The van der Waals surface area contributed by atoms with Crippen molar-refractivity contribution in [2.75, 3.05) is 25.0 Å². The number of aromatic nitrogens is 2. The molecule has 0 aliphatic heterocycles. The first-order valence-corrected chi connectivity index (χ1v) is 6.58. The molecule has 5 nitrogen and oxygen atoms in total. The van der Waals surface area contributed by atoms with Gasteiger partial charge in [-0.05, 0) is 40.3 Å². The molecule has 0 aliphatic carbocycles. The first kappa shape index (κ1) is 14.7. The lowest BCUT2D eigenvalue weighted by Crippen LogP contribution is -2.18. The quantitative estimate of drug-likeness (QED) is 0.693. The van der Waals surface area contributed by atoms with Crippen molar-refractivity contribution in [1.29, 1.82) is 0 Å². The maximum Gasteiger partial charge on any atom is 0.226 e. The highest BCUT2D eigenvalue weighted by Gasteiger charge is 2.04. The zero-order valence-electron chi connectivity index (χ0n) is 11.8. The molecule has 102 valence electrons. The summed E-state index contributed by atoms with van der Waals surface area (Å²) in [6.45, 7) is 10.9. The van der Waals surface area contributed by atoms with Gasteiger partial charge in [0.1, 0.15) is 0 Å². The van der Waals surface area contributed by atoms with Crippen LogP contribution >= 0.6 is 0 Å². The molecule has 0 aromatic carbocycles. The molecule has 0 saturated heterocycles. The van der Waals surface area contributed by atoms with Crippen molar-refractivity contribution in [2.45, 2.75) is 40.2 Å². The Kier molecular flexibility index (Phi) is 6.43. The SMILES string of the molecule is CCNCCCNc1nc(C)cc(OC(C)C)n1. The van der Waals surface area contributed by atoms with Crippen LogP contribution in [0.25, 0.3) is 0 Å². The second-order valence-electron chi connectivity index (χ2n) is 4.47. The van der Waals surface area contributed by atoms with Gasteiger partial charge in [-0.25, -0.2) is 4.98 Å². The van der Waals surface area contributed by atoms with Gasteiger partial charge in [0.05, 0.1) is 6.10 Å². The maximum absolute atomic E-state index is 5.58. The van der Waals surface area contributed by atoms with Gasteiger partial charge in [0.15, 0.2) is 0 Å². The summed E-state index contributed by atoms with van der Waals surface area (Å²) in [4.78, 5) is 8.66. The third-order valence-electron chi connectivity index (χ3n) is 2.25. The zero-order chi connectivity index (χ0) is 13.4. The molecular formula is C13H24N4O. The van der Waals surface area contributed by atoms with E-state index in [1.54, 1.807) is 0 Å². The van der Waals surface area contributed by atoms with Crippen LogP contribution in [0.3, 0.4) is 0 Å². The number of aryl methyl sites for hydroxylation is 1. The second-order valence-corrected chi connectivity index (χ2v) is 4.47. The minimum atomic E-state index is 0.126. The maximum atomic E-state index is 5.58. The molecule has 0 spiro atoms. The van der Waals surface area contributed by atoms with Gasteiger partial charge in [0.2, 0.25) is 11.8 Å². The molecule has 0 amide bonds. The first-order chi connectivity index (χ1) is 8.61. The summed E-state index contributed by atoms with van der Waals surface area (Å²) >= 11 is 0. The highest BCUT2D eigenvalue weighted by molar-refractivity contribution is 5.30. The fourth-order valence-electron chi connectivity index (χ4n) is 1.51. The van der Waals surface area contributed by atoms with Crippen LogP contribution in [-0.4, -0.2) is 35.7 Å². The molecule has 0 aliphatic rings. The van der Waals surface area contributed by atoms with Crippen LogP contribution in [0.2, 0.25) is 0 Å². The summed E-state index contributed by atoms with van der Waals surface area (Å²) in [5, 5.41) is 6.49. The Bertz CT molecular complexity index is 355. The molecule has 5 heteroatoms. The number of hydrogen-bond donors (Lipinski definition) is 2. The number of anilines is 1. The Morgan fingerprint density at radius 1 is 1.28 bits per heavy atom. The summed E-state index contributed by atoms with van der Waals surface area (Å²) in [5.41, 5.74) is 0.912. The van der Waals surface area contributed by atoms with E-state index in [1.165, 1.54) is 0 Å². The summed E-state index contributed by atoms with van der Waals surface area (Å²) in [7, 11) is 0. The van der Waals surface area contributed by atoms with Gasteiger partial charge in [0, 0.05) is 18.3 Å². The summed E-state index contributed by atoms with van der Waals surface area (Å²) in [6, 6.07) is 1.85. The fraction of sp³-hybridized carbons (Fsp3) is 0.692. The number of hydrogen-bond acceptors (Lipinski definition) is 5. The van der Waals surface area contributed by atoms with Crippen molar-refractivity contribution >= 4 is 5.95 Å². The lowest BCUT2D eigenvalue weighted by atomic mass is 10.4. The van der Waals surface area contributed by atoms with E-state index in [-0.39, 0.29) is 6.10 Å². The first-order valence-electron chi connectivity index (χ1n) is 6.58. The second kappa shape index (κ2) is 7.87. The van der Waals surface area contributed by atoms with Crippen LogP contribution in [0.5, 0.6) is 5.88 Å². The third kappa shape index (κ3) is 5.82. The molecule has 1 aromatic rings. The number of nitrogens with zero attached hydrogens (tertiary/aromatic N) is 2. The molecule has 1 heterocycles. The third-order valence-corrected chi connectivity index (χ3v) is 2.25. The van der Waals surface area contributed by atoms with Crippen LogP contribution in [-0.2, 0) is 0 Å². The van der Waals surface area contributed by atoms with Gasteiger partial charge in [-0.1, -0.05) is 6.92 Å². The van der Waals surface area contributed by atoms with E-state index in [9.17, 15) is 0 Å². The number of nitrogens with one attached hydrogen (secondary N) is 2. The predicted octanol–water partition coefficient (Wildman–Crippen LogP) is 1.98. The Hall–Kier alpha value is -1.36. The lowest BCUT2D eigenvalue weighted by molar-refractivity contribution is 0.232.